The SMILES string of the molecule is CCn1cnc(S(=O)(=O)N2CCCC(CN)C2)c1. The Morgan fingerprint density at radius 3 is 2.94 bits per heavy atom. The van der Waals surface area contributed by atoms with Crippen molar-refractivity contribution in [2.75, 3.05) is 19.6 Å². The van der Waals surface area contributed by atoms with Crippen molar-refractivity contribution in [2.45, 2.75) is 31.3 Å². The number of nitrogens with zero attached hydrogens (tertiary/aromatic N) is 3. The van der Waals surface area contributed by atoms with Crippen LogP contribution in [0, 0.1) is 5.92 Å². The Morgan fingerprint density at radius 1 is 1.56 bits per heavy atom. The van der Waals surface area contributed by atoms with Crippen molar-refractivity contribution in [3.63, 3.8) is 0 Å². The molecule has 0 saturated carbocycles. The maximum absolute atomic E-state index is 12.4. The van der Waals surface area contributed by atoms with Gasteiger partial charge < -0.3 is 10.3 Å². The van der Waals surface area contributed by atoms with Gasteiger partial charge in [0.2, 0.25) is 0 Å². The number of nitrogens with two attached hydrogens (primary N) is 1. The van der Waals surface area contributed by atoms with E-state index in [1.54, 1.807) is 17.1 Å². The fraction of sp³-hybridized carbons (Fsp3) is 0.727. The van der Waals surface area contributed by atoms with E-state index >= 15 is 0 Å². The van der Waals surface area contributed by atoms with Crippen LogP contribution in [0.15, 0.2) is 17.6 Å². The first-order valence-electron chi connectivity index (χ1n) is 6.30. The molecule has 1 aromatic rings. The predicted molar refractivity (Wildman–Crippen MR) is 68.4 cm³/mol. The van der Waals surface area contributed by atoms with Crippen LogP contribution < -0.4 is 5.73 Å². The first kappa shape index (κ1) is 13.5. The van der Waals surface area contributed by atoms with Gasteiger partial charge in [0.05, 0.1) is 6.33 Å². The van der Waals surface area contributed by atoms with Crippen LogP contribution in [0.5, 0.6) is 0 Å². The third-order valence-electron chi connectivity index (χ3n) is 3.39. The highest BCUT2D eigenvalue weighted by Crippen LogP contribution is 2.22. The van der Waals surface area contributed by atoms with Crippen molar-refractivity contribution in [2.24, 2.45) is 11.7 Å². The number of rotatable bonds is 4. The van der Waals surface area contributed by atoms with Crippen LogP contribution in [0.4, 0.5) is 0 Å². The zero-order valence-electron chi connectivity index (χ0n) is 10.6. The Bertz CT molecular complexity index is 497. The number of sulfonamides is 1. The largest absolute Gasteiger partial charge is 0.336 e. The van der Waals surface area contributed by atoms with Gasteiger partial charge in [-0.3, -0.25) is 0 Å². The van der Waals surface area contributed by atoms with Gasteiger partial charge in [-0.2, -0.15) is 4.31 Å². The van der Waals surface area contributed by atoms with Gasteiger partial charge in [-0.15, -0.1) is 0 Å². The van der Waals surface area contributed by atoms with Crippen molar-refractivity contribution in [3.05, 3.63) is 12.5 Å². The second kappa shape index (κ2) is 5.38. The van der Waals surface area contributed by atoms with E-state index in [9.17, 15) is 8.42 Å². The van der Waals surface area contributed by atoms with Crippen molar-refractivity contribution in [1.82, 2.24) is 13.9 Å². The van der Waals surface area contributed by atoms with E-state index in [-0.39, 0.29) is 10.9 Å². The molecular weight excluding hydrogens is 252 g/mol. The molecule has 1 aromatic heterocycles. The summed E-state index contributed by atoms with van der Waals surface area (Å²) in [7, 11) is -3.45. The minimum atomic E-state index is -3.45. The van der Waals surface area contributed by atoms with Gasteiger partial charge in [-0.1, -0.05) is 0 Å². The summed E-state index contributed by atoms with van der Waals surface area (Å²) in [5, 5.41) is 0.141. The maximum Gasteiger partial charge on any atom is 0.262 e. The molecule has 2 N–H and O–H groups in total. The van der Waals surface area contributed by atoms with E-state index in [0.29, 0.717) is 26.2 Å². The molecule has 0 radical (unpaired) electrons. The highest BCUT2D eigenvalue weighted by atomic mass is 32.2. The second-order valence-corrected chi connectivity index (χ2v) is 6.53. The predicted octanol–water partition coefficient (Wildman–Crippen LogP) is 0.262. The molecule has 7 heteroatoms. The molecule has 0 bridgehead atoms. The lowest BCUT2D eigenvalue weighted by molar-refractivity contribution is 0.271. The zero-order valence-corrected chi connectivity index (χ0v) is 11.4. The van der Waals surface area contributed by atoms with Gasteiger partial charge in [-0.05, 0) is 32.2 Å². The van der Waals surface area contributed by atoms with Crippen LogP contribution in [0.25, 0.3) is 0 Å². The lowest BCUT2D eigenvalue weighted by Gasteiger charge is -2.30. The molecule has 1 aliphatic heterocycles. The molecule has 6 nitrogen and oxygen atoms in total. The number of aryl methyl sites for hydroxylation is 1. The van der Waals surface area contributed by atoms with Crippen LogP contribution in [0.2, 0.25) is 0 Å². The molecular formula is C11H20N4O2S. The highest BCUT2D eigenvalue weighted by molar-refractivity contribution is 7.89. The molecule has 0 spiro atoms. The summed E-state index contributed by atoms with van der Waals surface area (Å²) < 4.78 is 28.0. The summed E-state index contributed by atoms with van der Waals surface area (Å²) in [6.45, 7) is 4.28. The summed E-state index contributed by atoms with van der Waals surface area (Å²) >= 11 is 0. The zero-order chi connectivity index (χ0) is 13.2. The molecule has 1 fully saturated rings. The van der Waals surface area contributed by atoms with Crippen molar-refractivity contribution in [1.29, 1.82) is 0 Å². The van der Waals surface area contributed by atoms with Crippen LogP contribution in [-0.2, 0) is 16.6 Å². The third-order valence-corrected chi connectivity index (χ3v) is 5.14. The number of hydrogen-bond donors (Lipinski definition) is 1. The Labute approximate surface area is 108 Å². The van der Waals surface area contributed by atoms with Gasteiger partial charge in [-0.25, -0.2) is 13.4 Å². The molecule has 2 rings (SSSR count). The van der Waals surface area contributed by atoms with Crippen LogP contribution in [-0.4, -0.2) is 41.9 Å². The summed E-state index contributed by atoms with van der Waals surface area (Å²) in [4.78, 5) is 3.99. The van der Waals surface area contributed by atoms with Gasteiger partial charge in [0.15, 0.2) is 5.03 Å². The van der Waals surface area contributed by atoms with E-state index in [4.69, 9.17) is 5.73 Å². The first-order valence-corrected chi connectivity index (χ1v) is 7.74. The van der Waals surface area contributed by atoms with Crippen molar-refractivity contribution >= 4 is 10.0 Å². The summed E-state index contributed by atoms with van der Waals surface area (Å²) in [6, 6.07) is 0. The average molecular weight is 272 g/mol. The molecule has 102 valence electrons. The van der Waals surface area contributed by atoms with Gasteiger partial charge in [0.1, 0.15) is 0 Å². The van der Waals surface area contributed by atoms with Crippen LogP contribution in [0.3, 0.4) is 0 Å². The summed E-state index contributed by atoms with van der Waals surface area (Å²) in [5.41, 5.74) is 5.63. The normalized spacial score (nSPS) is 22.2. The molecule has 1 aliphatic rings. The second-order valence-electron chi connectivity index (χ2n) is 4.65. The van der Waals surface area contributed by atoms with Gasteiger partial charge >= 0.3 is 0 Å². The molecule has 1 saturated heterocycles. The van der Waals surface area contributed by atoms with E-state index in [1.165, 1.54) is 4.31 Å². The minimum absolute atomic E-state index is 0.141. The Kier molecular flexibility index (Phi) is 4.04. The van der Waals surface area contributed by atoms with E-state index in [2.05, 4.69) is 4.98 Å². The molecule has 1 atom stereocenters. The number of aromatic nitrogens is 2. The van der Waals surface area contributed by atoms with E-state index in [0.717, 1.165) is 12.8 Å². The molecule has 0 aliphatic carbocycles. The van der Waals surface area contributed by atoms with E-state index < -0.39 is 10.0 Å². The van der Waals surface area contributed by atoms with Crippen LogP contribution in [0.1, 0.15) is 19.8 Å². The smallest absolute Gasteiger partial charge is 0.262 e. The summed E-state index contributed by atoms with van der Waals surface area (Å²) in [5.74, 6) is 0.266. The van der Waals surface area contributed by atoms with Crippen molar-refractivity contribution in [3.8, 4) is 0 Å². The van der Waals surface area contributed by atoms with Crippen molar-refractivity contribution < 1.29 is 8.42 Å². The lowest BCUT2D eigenvalue weighted by Crippen LogP contribution is -2.42. The number of imidazole rings is 1. The monoisotopic (exact) mass is 272 g/mol. The molecule has 18 heavy (non-hydrogen) atoms. The van der Waals surface area contributed by atoms with Gasteiger partial charge in [0.25, 0.3) is 10.0 Å². The fourth-order valence-corrected chi connectivity index (χ4v) is 3.71. The standard InChI is InChI=1S/C11H20N4O2S/c1-2-14-8-11(13-9-14)18(16,17)15-5-3-4-10(6-12)7-15/h8-10H,2-7,12H2,1H3. The Hall–Kier alpha value is -0.920. The van der Waals surface area contributed by atoms with E-state index in [1.807, 2.05) is 6.92 Å². The molecule has 0 amide bonds. The van der Waals surface area contributed by atoms with Crippen LogP contribution >= 0.6 is 0 Å². The first-order chi connectivity index (χ1) is 8.57. The highest BCUT2D eigenvalue weighted by Gasteiger charge is 2.31. The fourth-order valence-electron chi connectivity index (χ4n) is 2.22. The average Bonchev–Trinajstić information content (AvgIpc) is 2.88. The number of piperidine rings is 1. The molecule has 1 unspecified atom stereocenters. The Morgan fingerprint density at radius 2 is 2.33 bits per heavy atom. The summed E-state index contributed by atoms with van der Waals surface area (Å²) in [6.07, 6.45) is 5.01. The topological polar surface area (TPSA) is 81.2 Å². The molecule has 0 aromatic carbocycles. The minimum Gasteiger partial charge on any atom is -0.336 e. The quantitative estimate of drug-likeness (QED) is 0.852. The van der Waals surface area contributed by atoms with Gasteiger partial charge in [0, 0.05) is 25.8 Å². The third kappa shape index (κ3) is 2.57. The number of hydrogen-bond acceptors (Lipinski definition) is 4. The lowest BCUT2D eigenvalue weighted by atomic mass is 10.0. The molecule has 2 heterocycles. The maximum atomic E-state index is 12.4. The Balaban J connectivity index is 2.19.